The van der Waals surface area contributed by atoms with Gasteiger partial charge in [-0.15, -0.1) is 0 Å². The van der Waals surface area contributed by atoms with Gasteiger partial charge in [0.1, 0.15) is 5.75 Å². The van der Waals surface area contributed by atoms with E-state index in [0.717, 1.165) is 36.3 Å². The average Bonchev–Trinajstić information content (AvgIpc) is 2.92. The second-order valence-electron chi connectivity index (χ2n) is 6.27. The third-order valence-corrected chi connectivity index (χ3v) is 4.00. The minimum atomic E-state index is -0.0856. The molecule has 0 bridgehead atoms. The summed E-state index contributed by atoms with van der Waals surface area (Å²) in [6, 6.07) is 6.17. The van der Waals surface area contributed by atoms with E-state index in [1.807, 2.05) is 0 Å². The number of quaternary nitrogens is 1. The van der Waals surface area contributed by atoms with Crippen molar-refractivity contribution in [1.29, 1.82) is 0 Å². The van der Waals surface area contributed by atoms with E-state index in [9.17, 15) is 4.79 Å². The highest BCUT2D eigenvalue weighted by molar-refractivity contribution is 5.77. The molecule has 0 saturated carbocycles. The van der Waals surface area contributed by atoms with E-state index in [1.54, 1.807) is 0 Å². The number of esters is 1. The molecule has 1 saturated heterocycles. The van der Waals surface area contributed by atoms with E-state index in [4.69, 9.17) is 4.74 Å². The number of para-hydroxylation sites is 1. The van der Waals surface area contributed by atoms with Crippen molar-refractivity contribution < 1.29 is 27.3 Å². The van der Waals surface area contributed by atoms with Crippen LogP contribution in [0.5, 0.6) is 5.75 Å². The van der Waals surface area contributed by atoms with E-state index in [2.05, 4.69) is 51.2 Å². The molecule has 0 radical (unpaired) electrons. The molecular formula is C17H26ClNO2. The zero-order valence-electron chi connectivity index (χ0n) is 13.4. The Balaban J connectivity index is 0.00000220. The number of rotatable bonds is 4. The first-order chi connectivity index (χ1) is 9.50. The number of carbonyl (C=O) groups is 1. The summed E-state index contributed by atoms with van der Waals surface area (Å²) >= 11 is 0. The Labute approximate surface area is 133 Å². The van der Waals surface area contributed by atoms with Gasteiger partial charge in [-0.2, -0.15) is 0 Å². The smallest absolute Gasteiger partial charge is 0.370 e. The molecule has 1 aliphatic rings. The summed E-state index contributed by atoms with van der Waals surface area (Å²) in [4.78, 5) is 12.3. The Morgan fingerprint density at radius 1 is 1.19 bits per heavy atom. The summed E-state index contributed by atoms with van der Waals surface area (Å²) in [5.41, 5.74) is 2.25. The fourth-order valence-corrected chi connectivity index (χ4v) is 2.77. The molecule has 0 unspecified atom stereocenters. The van der Waals surface area contributed by atoms with Crippen LogP contribution in [0.3, 0.4) is 0 Å². The monoisotopic (exact) mass is 311 g/mol. The van der Waals surface area contributed by atoms with Crippen LogP contribution in [0.25, 0.3) is 0 Å². The third kappa shape index (κ3) is 4.21. The van der Waals surface area contributed by atoms with Crippen LogP contribution >= 0.6 is 0 Å². The van der Waals surface area contributed by atoms with Crippen molar-refractivity contribution in [2.24, 2.45) is 0 Å². The Kier molecular flexibility index (Phi) is 6.69. The molecule has 1 aromatic rings. The van der Waals surface area contributed by atoms with Crippen LogP contribution in [0, 0.1) is 0 Å². The number of hydrogen-bond donors (Lipinski definition) is 1. The number of nitrogens with two attached hydrogens (primary N) is 1. The second-order valence-corrected chi connectivity index (χ2v) is 6.27. The summed E-state index contributed by atoms with van der Waals surface area (Å²) in [5.74, 6) is 1.41. The van der Waals surface area contributed by atoms with Crippen molar-refractivity contribution in [3.8, 4) is 5.75 Å². The Morgan fingerprint density at radius 2 is 1.76 bits per heavy atom. The van der Waals surface area contributed by atoms with Crippen LogP contribution < -0.4 is 22.5 Å². The van der Waals surface area contributed by atoms with Gasteiger partial charge >= 0.3 is 5.97 Å². The molecular weight excluding hydrogens is 286 g/mol. The molecule has 21 heavy (non-hydrogen) atoms. The van der Waals surface area contributed by atoms with Gasteiger partial charge in [-0.25, -0.2) is 4.79 Å². The molecule has 1 aromatic carbocycles. The molecule has 2 rings (SSSR count). The molecule has 3 nitrogen and oxygen atoms in total. The molecule has 1 aliphatic heterocycles. The molecule has 1 heterocycles. The fourth-order valence-electron chi connectivity index (χ4n) is 2.77. The number of hydrogen-bond acceptors (Lipinski definition) is 2. The Bertz CT molecular complexity index is 453. The van der Waals surface area contributed by atoms with Gasteiger partial charge in [-0.1, -0.05) is 45.9 Å². The quantitative estimate of drug-likeness (QED) is 0.606. The van der Waals surface area contributed by atoms with Gasteiger partial charge in [-0.05, 0) is 23.0 Å². The van der Waals surface area contributed by atoms with Gasteiger partial charge in [0.25, 0.3) is 0 Å². The summed E-state index contributed by atoms with van der Waals surface area (Å²) in [6.45, 7) is 9.58. The van der Waals surface area contributed by atoms with E-state index >= 15 is 0 Å². The fraction of sp³-hybridized carbons (Fsp3) is 0.588. The summed E-state index contributed by atoms with van der Waals surface area (Å²) < 4.78 is 5.81. The first-order valence-electron chi connectivity index (χ1n) is 7.68. The van der Waals surface area contributed by atoms with Crippen LogP contribution in [-0.4, -0.2) is 18.6 Å². The maximum atomic E-state index is 12.3. The van der Waals surface area contributed by atoms with Crippen LogP contribution in [0.15, 0.2) is 18.2 Å². The highest BCUT2D eigenvalue weighted by Crippen LogP contribution is 2.34. The lowest BCUT2D eigenvalue weighted by Gasteiger charge is -2.19. The number of halogens is 1. The largest absolute Gasteiger partial charge is 1.00 e. The molecule has 0 spiro atoms. The molecule has 4 heteroatoms. The van der Waals surface area contributed by atoms with Gasteiger partial charge in [0.2, 0.25) is 0 Å². The van der Waals surface area contributed by atoms with E-state index in [1.165, 1.54) is 0 Å². The third-order valence-electron chi connectivity index (χ3n) is 4.00. The van der Waals surface area contributed by atoms with Crippen molar-refractivity contribution in [2.45, 2.75) is 58.4 Å². The van der Waals surface area contributed by atoms with Crippen molar-refractivity contribution in [1.82, 2.24) is 0 Å². The van der Waals surface area contributed by atoms with Crippen molar-refractivity contribution in [3.63, 3.8) is 0 Å². The maximum absolute atomic E-state index is 12.3. The van der Waals surface area contributed by atoms with Crippen molar-refractivity contribution in [3.05, 3.63) is 29.3 Å². The van der Waals surface area contributed by atoms with Crippen LogP contribution in [0.1, 0.15) is 63.5 Å². The summed E-state index contributed by atoms with van der Waals surface area (Å²) in [7, 11) is 0. The van der Waals surface area contributed by atoms with Crippen LogP contribution in [0.4, 0.5) is 0 Å². The van der Waals surface area contributed by atoms with E-state index in [0.29, 0.717) is 11.8 Å². The standard InChI is InChI=1S/C17H25NO2.ClH/c1-11(2)13-7-5-8-14(12(3)4)16(13)20-17(19)15-9-6-10-18-15;/h5,7-8,11-12,15,18H,6,9-10H2,1-4H3;1H/t15-;/m1./s1. The predicted molar refractivity (Wildman–Crippen MR) is 80.1 cm³/mol. The minimum absolute atomic E-state index is 0. The van der Waals surface area contributed by atoms with E-state index < -0.39 is 0 Å². The highest BCUT2D eigenvalue weighted by atomic mass is 35.5. The zero-order chi connectivity index (χ0) is 14.7. The van der Waals surface area contributed by atoms with Gasteiger partial charge in [0.05, 0.1) is 6.54 Å². The number of benzene rings is 1. The molecule has 1 atom stereocenters. The van der Waals surface area contributed by atoms with Crippen LogP contribution in [0.2, 0.25) is 0 Å². The SMILES string of the molecule is CC(C)c1cccc(C(C)C)c1OC(=O)[C@H]1CCC[NH2+]1.[Cl-]. The molecule has 1 fully saturated rings. The predicted octanol–water partition coefficient (Wildman–Crippen LogP) is -0.431. The maximum Gasteiger partial charge on any atom is 0.370 e. The molecule has 0 amide bonds. The van der Waals surface area contributed by atoms with Crippen LogP contribution in [-0.2, 0) is 4.79 Å². The average molecular weight is 312 g/mol. The molecule has 2 N–H and O–H groups in total. The molecule has 0 aliphatic carbocycles. The van der Waals surface area contributed by atoms with Gasteiger partial charge in [-0.3, -0.25) is 0 Å². The van der Waals surface area contributed by atoms with Crippen molar-refractivity contribution in [2.75, 3.05) is 6.54 Å². The lowest BCUT2D eigenvalue weighted by atomic mass is 9.94. The first kappa shape index (κ1) is 18.0. The lowest BCUT2D eigenvalue weighted by Crippen LogP contribution is -3.00. The first-order valence-corrected chi connectivity index (χ1v) is 7.68. The van der Waals surface area contributed by atoms with Gasteiger partial charge in [0.15, 0.2) is 6.04 Å². The van der Waals surface area contributed by atoms with E-state index in [-0.39, 0.29) is 24.4 Å². The number of ether oxygens (including phenoxy) is 1. The molecule has 0 aromatic heterocycles. The highest BCUT2D eigenvalue weighted by Gasteiger charge is 2.29. The second kappa shape index (κ2) is 7.81. The minimum Gasteiger partial charge on any atom is -1.00 e. The lowest BCUT2D eigenvalue weighted by molar-refractivity contribution is -0.658. The zero-order valence-corrected chi connectivity index (χ0v) is 14.1. The Hall–Kier alpha value is -1.06. The topological polar surface area (TPSA) is 42.9 Å². The van der Waals surface area contributed by atoms with Gasteiger partial charge in [0, 0.05) is 12.8 Å². The summed E-state index contributed by atoms with van der Waals surface area (Å²) in [6.07, 6.45) is 2.03. The molecule has 118 valence electrons. The number of carbonyl (C=O) groups excluding carboxylic acids is 1. The van der Waals surface area contributed by atoms with Crippen molar-refractivity contribution >= 4 is 5.97 Å². The van der Waals surface area contributed by atoms with Gasteiger partial charge < -0.3 is 22.5 Å². The summed E-state index contributed by atoms with van der Waals surface area (Å²) in [5, 5.41) is 2.09. The normalized spacial score (nSPS) is 17.9. The Morgan fingerprint density at radius 3 is 2.19 bits per heavy atom.